The third-order valence-electron chi connectivity index (χ3n) is 5.27. The van der Waals surface area contributed by atoms with Gasteiger partial charge in [-0.15, -0.1) is 0 Å². The summed E-state index contributed by atoms with van der Waals surface area (Å²) < 4.78 is 10.5. The number of unbranched alkanes of at least 4 members (excludes halogenated alkanes) is 1. The van der Waals surface area contributed by atoms with E-state index in [1.54, 1.807) is 20.8 Å². The largest absolute Gasteiger partial charge is 0.444 e. The maximum absolute atomic E-state index is 12.8. The van der Waals surface area contributed by atoms with Gasteiger partial charge in [0.05, 0.1) is 25.7 Å². The average Bonchev–Trinajstić information content (AvgIpc) is 3.36. The van der Waals surface area contributed by atoms with Crippen LogP contribution in [0.4, 0.5) is 4.79 Å². The van der Waals surface area contributed by atoms with E-state index in [0.717, 1.165) is 19.3 Å². The Labute approximate surface area is 232 Å². The van der Waals surface area contributed by atoms with Crippen LogP contribution in [0.5, 0.6) is 0 Å². The lowest BCUT2D eigenvalue weighted by Gasteiger charge is -2.23. The Kier molecular flexibility index (Phi) is 17.7. The second kappa shape index (κ2) is 19.9. The van der Waals surface area contributed by atoms with Crippen molar-refractivity contribution in [1.29, 1.82) is 0 Å². The molecule has 0 bridgehead atoms. The molecule has 1 rings (SSSR count). The number of Topliss-reactive ketones (excluding diaryl/α,β-unsaturated/α-hetero) is 1. The van der Waals surface area contributed by atoms with Gasteiger partial charge in [0.15, 0.2) is 5.78 Å². The van der Waals surface area contributed by atoms with Crippen molar-refractivity contribution in [3.63, 3.8) is 0 Å². The van der Waals surface area contributed by atoms with Gasteiger partial charge in [-0.3, -0.25) is 14.4 Å². The number of nitrogens with zero attached hydrogens (tertiary/aromatic N) is 3. The summed E-state index contributed by atoms with van der Waals surface area (Å²) in [6, 6.07) is -1.06. The van der Waals surface area contributed by atoms with Gasteiger partial charge >= 0.3 is 6.09 Å². The lowest BCUT2D eigenvalue weighted by molar-refractivity contribution is -0.127. The van der Waals surface area contributed by atoms with Gasteiger partial charge in [-0.05, 0) is 52.0 Å². The molecule has 0 aromatic carbocycles. The third-order valence-corrected chi connectivity index (χ3v) is 8.27. The topological polar surface area (TPSA) is 172 Å². The molecule has 1 aliphatic rings. The Bertz CT molecular complexity index is 798. The first kappa shape index (κ1) is 33.9. The highest BCUT2D eigenvalue weighted by Gasteiger charge is 2.26. The van der Waals surface area contributed by atoms with Crippen molar-refractivity contribution in [3.05, 3.63) is 10.4 Å². The molecular weight excluding hydrogens is 532 g/mol. The summed E-state index contributed by atoms with van der Waals surface area (Å²) in [5.41, 5.74) is 7.46. The van der Waals surface area contributed by atoms with Crippen LogP contribution in [0.15, 0.2) is 5.11 Å². The van der Waals surface area contributed by atoms with Crippen molar-refractivity contribution < 1.29 is 28.7 Å². The molecule has 1 unspecified atom stereocenters. The molecule has 0 saturated carbocycles. The van der Waals surface area contributed by atoms with Crippen LogP contribution >= 0.6 is 21.6 Å². The summed E-state index contributed by atoms with van der Waals surface area (Å²) in [5, 5.41) is 12.0. The zero-order valence-electron chi connectivity index (χ0n) is 22.7. The molecule has 1 saturated heterocycles. The second-order valence-corrected chi connectivity index (χ2v) is 12.6. The standard InChI is InChI=1S/C24H42N6O6S2/c1-24(2,3)36-23(34)29-19(17-22(33)27-12-14-35-15-13-28-30-25)20(31)8-6-11-26-21(32)9-5-4-7-18-10-16-37-38-18/h18-19H,4-17H2,1-3H3,(H,26,32)(H,27,33)(H,29,34)/t18?,19-/m0/s1. The van der Waals surface area contributed by atoms with E-state index in [0.29, 0.717) is 24.6 Å². The first-order valence-corrected chi connectivity index (χ1v) is 15.4. The van der Waals surface area contributed by atoms with Gasteiger partial charge in [0.2, 0.25) is 11.8 Å². The van der Waals surface area contributed by atoms with Crippen molar-refractivity contribution >= 4 is 45.3 Å². The van der Waals surface area contributed by atoms with Crippen LogP contribution in [-0.2, 0) is 23.9 Å². The number of nitrogens with one attached hydrogen (secondary N) is 3. The number of ether oxygens (including phenoxy) is 2. The van der Waals surface area contributed by atoms with Gasteiger partial charge in [0.25, 0.3) is 0 Å². The Balaban J connectivity index is 2.38. The molecule has 12 nitrogen and oxygen atoms in total. The SMILES string of the molecule is CC(C)(C)OC(=O)N[C@@H](CC(=O)NCCOCCN=[N+]=[N-])C(=O)CCCNC(=O)CCCCC1CCSS1. The van der Waals surface area contributed by atoms with E-state index < -0.39 is 23.6 Å². The predicted molar refractivity (Wildman–Crippen MR) is 150 cm³/mol. The van der Waals surface area contributed by atoms with Crippen LogP contribution in [0.3, 0.4) is 0 Å². The molecule has 3 N–H and O–H groups in total. The summed E-state index contributed by atoms with van der Waals surface area (Å²) in [6.07, 6.45) is 4.19. The quantitative estimate of drug-likeness (QED) is 0.0685. The molecule has 2 atom stereocenters. The fraction of sp³-hybridized carbons (Fsp3) is 0.833. The zero-order chi connectivity index (χ0) is 28.2. The fourth-order valence-electron chi connectivity index (χ4n) is 3.44. The van der Waals surface area contributed by atoms with E-state index >= 15 is 0 Å². The molecule has 1 fully saturated rings. The summed E-state index contributed by atoms with van der Waals surface area (Å²) in [6.45, 7) is 6.29. The highest BCUT2D eigenvalue weighted by molar-refractivity contribution is 8.77. The number of alkyl carbamates (subject to hydrolysis) is 1. The molecule has 0 aliphatic carbocycles. The van der Waals surface area contributed by atoms with Crippen LogP contribution in [0.1, 0.15) is 72.1 Å². The number of rotatable bonds is 19. The molecule has 14 heteroatoms. The summed E-state index contributed by atoms with van der Waals surface area (Å²) >= 11 is 0. The maximum Gasteiger partial charge on any atom is 0.408 e. The number of azide groups is 1. The monoisotopic (exact) mass is 574 g/mol. The normalized spacial score (nSPS) is 15.7. The van der Waals surface area contributed by atoms with E-state index in [1.165, 1.54) is 12.2 Å². The van der Waals surface area contributed by atoms with Crippen LogP contribution < -0.4 is 16.0 Å². The van der Waals surface area contributed by atoms with Crippen LogP contribution in [0, 0.1) is 0 Å². The molecule has 0 aromatic heterocycles. The lowest BCUT2D eigenvalue weighted by atomic mass is 10.0. The highest BCUT2D eigenvalue weighted by Crippen LogP contribution is 2.39. The summed E-state index contributed by atoms with van der Waals surface area (Å²) in [5.74, 6) is 0.429. The van der Waals surface area contributed by atoms with Crippen LogP contribution in [0.25, 0.3) is 10.4 Å². The first-order valence-electron chi connectivity index (χ1n) is 13.0. The van der Waals surface area contributed by atoms with Gasteiger partial charge in [-0.2, -0.15) is 0 Å². The van der Waals surface area contributed by atoms with Crippen molar-refractivity contribution in [2.24, 2.45) is 5.11 Å². The summed E-state index contributed by atoms with van der Waals surface area (Å²) in [4.78, 5) is 52.1. The molecule has 0 spiro atoms. The fourth-order valence-corrected chi connectivity index (χ4v) is 6.47. The Morgan fingerprint density at radius 1 is 1.05 bits per heavy atom. The number of carbonyl (C=O) groups is 4. The maximum atomic E-state index is 12.8. The molecule has 1 heterocycles. The van der Waals surface area contributed by atoms with Crippen LogP contribution in [-0.4, -0.2) is 79.2 Å². The first-order chi connectivity index (χ1) is 18.1. The predicted octanol–water partition coefficient (Wildman–Crippen LogP) is 3.89. The van der Waals surface area contributed by atoms with Gasteiger partial charge < -0.3 is 25.4 Å². The molecule has 216 valence electrons. The highest BCUT2D eigenvalue weighted by atomic mass is 33.1. The average molecular weight is 575 g/mol. The number of hydrogen-bond acceptors (Lipinski definition) is 9. The minimum absolute atomic E-state index is 0.0321. The molecule has 0 radical (unpaired) electrons. The van der Waals surface area contributed by atoms with Crippen molar-refractivity contribution in [3.8, 4) is 0 Å². The smallest absolute Gasteiger partial charge is 0.408 e. The van der Waals surface area contributed by atoms with Gasteiger partial charge in [-0.25, -0.2) is 4.79 Å². The van der Waals surface area contributed by atoms with E-state index in [4.69, 9.17) is 15.0 Å². The zero-order valence-corrected chi connectivity index (χ0v) is 24.3. The van der Waals surface area contributed by atoms with E-state index in [1.807, 2.05) is 21.6 Å². The van der Waals surface area contributed by atoms with E-state index in [2.05, 4.69) is 26.0 Å². The lowest BCUT2D eigenvalue weighted by Crippen LogP contribution is -2.46. The molecule has 0 aromatic rings. The van der Waals surface area contributed by atoms with Gasteiger partial charge in [0, 0.05) is 48.4 Å². The Morgan fingerprint density at radius 2 is 1.82 bits per heavy atom. The van der Waals surface area contributed by atoms with Crippen molar-refractivity contribution in [2.45, 2.75) is 89.0 Å². The van der Waals surface area contributed by atoms with Gasteiger partial charge in [0.1, 0.15) is 5.60 Å². The number of hydrogen-bond donors (Lipinski definition) is 3. The van der Waals surface area contributed by atoms with Crippen molar-refractivity contribution in [2.75, 3.05) is 38.6 Å². The van der Waals surface area contributed by atoms with Crippen molar-refractivity contribution in [1.82, 2.24) is 16.0 Å². The molecule has 38 heavy (non-hydrogen) atoms. The molecule has 3 amide bonds. The summed E-state index contributed by atoms with van der Waals surface area (Å²) in [7, 11) is 3.87. The van der Waals surface area contributed by atoms with E-state index in [9.17, 15) is 19.2 Å². The Hall–Kier alpha value is -2.15. The number of carbonyl (C=O) groups excluding carboxylic acids is 4. The minimum Gasteiger partial charge on any atom is -0.444 e. The third kappa shape index (κ3) is 18.2. The second-order valence-electron chi connectivity index (χ2n) is 9.81. The van der Waals surface area contributed by atoms with Crippen LogP contribution in [0.2, 0.25) is 0 Å². The number of amides is 3. The van der Waals surface area contributed by atoms with E-state index in [-0.39, 0.29) is 50.8 Å². The van der Waals surface area contributed by atoms with Gasteiger partial charge in [-0.1, -0.05) is 33.1 Å². The Morgan fingerprint density at radius 3 is 2.50 bits per heavy atom. The number of ketones is 1. The molecule has 1 aliphatic heterocycles. The minimum atomic E-state index is -1.06. The molecular formula is C24H42N6O6S2.